The molecule has 0 aromatic carbocycles. The van der Waals surface area contributed by atoms with Crippen molar-refractivity contribution in [2.45, 2.75) is 6.54 Å². The van der Waals surface area contributed by atoms with Crippen molar-refractivity contribution in [1.29, 1.82) is 0 Å². The molecule has 0 unspecified atom stereocenters. The fraction of sp³-hybridized carbons (Fsp3) is 0.111. The fourth-order valence-electron chi connectivity index (χ4n) is 2.15. The number of halogens is 2. The van der Waals surface area contributed by atoms with E-state index in [2.05, 4.69) is 26.9 Å². The van der Waals surface area contributed by atoms with E-state index < -0.39 is 5.69 Å². The molecule has 138 valence electrons. The summed E-state index contributed by atoms with van der Waals surface area (Å²) in [4.78, 5) is 20.5. The first-order valence-electron chi connectivity index (χ1n) is 7.72. The van der Waals surface area contributed by atoms with Crippen molar-refractivity contribution >= 4 is 12.4 Å². The lowest BCUT2D eigenvalue weighted by Gasteiger charge is -2.02. The molecule has 0 amide bonds. The highest BCUT2D eigenvalue weighted by Crippen LogP contribution is 2.05. The van der Waals surface area contributed by atoms with Gasteiger partial charge in [-0.1, -0.05) is 11.8 Å². The van der Waals surface area contributed by atoms with Crippen LogP contribution in [-0.4, -0.2) is 30.9 Å². The lowest BCUT2D eigenvalue weighted by atomic mass is 10.2. The van der Waals surface area contributed by atoms with E-state index in [0.29, 0.717) is 17.7 Å². The molecule has 27 heavy (non-hydrogen) atoms. The highest BCUT2D eigenvalue weighted by atomic mass is 35.5. The van der Waals surface area contributed by atoms with Crippen LogP contribution in [0.5, 0.6) is 0 Å². The Kier molecular flexibility index (Phi) is 7.00. The Hall–Kier alpha value is -3.28. The zero-order valence-electron chi connectivity index (χ0n) is 14.1. The Morgan fingerprint density at radius 3 is 2.59 bits per heavy atom. The number of hydrogen-bond acceptors (Lipinski definition) is 5. The second kappa shape index (κ2) is 9.43. The molecule has 0 aliphatic carbocycles. The van der Waals surface area contributed by atoms with Gasteiger partial charge in [0, 0.05) is 36.3 Å². The van der Waals surface area contributed by atoms with Crippen LogP contribution in [-0.2, 0) is 6.54 Å². The molecule has 3 heterocycles. The minimum atomic E-state index is -0.440. The van der Waals surface area contributed by atoms with E-state index in [0.717, 1.165) is 10.2 Å². The monoisotopic (exact) mass is 386 g/mol. The van der Waals surface area contributed by atoms with Gasteiger partial charge in [0.1, 0.15) is 12.1 Å². The average Bonchev–Trinajstić information content (AvgIpc) is 3.05. The first-order valence-corrected chi connectivity index (χ1v) is 7.72. The minimum Gasteiger partial charge on any atom is -0.327 e. The highest BCUT2D eigenvalue weighted by Gasteiger charge is 2.09. The molecule has 0 fully saturated rings. The van der Waals surface area contributed by atoms with Gasteiger partial charge < -0.3 is 5.73 Å². The van der Waals surface area contributed by atoms with Gasteiger partial charge in [0.25, 0.3) is 0 Å². The Morgan fingerprint density at radius 1 is 1.19 bits per heavy atom. The molecule has 0 aliphatic heterocycles. The molecule has 0 spiro atoms. The molecular weight excluding hydrogens is 371 g/mol. The largest absolute Gasteiger partial charge is 0.351 e. The van der Waals surface area contributed by atoms with Crippen molar-refractivity contribution in [3.05, 3.63) is 82.7 Å². The van der Waals surface area contributed by atoms with Gasteiger partial charge in [-0.2, -0.15) is 5.10 Å². The van der Waals surface area contributed by atoms with E-state index in [1.54, 1.807) is 42.9 Å². The Balaban J connectivity index is 0.00000261. The van der Waals surface area contributed by atoms with Crippen molar-refractivity contribution in [1.82, 2.24) is 24.3 Å². The third-order valence-corrected chi connectivity index (χ3v) is 3.53. The number of pyridine rings is 2. The van der Waals surface area contributed by atoms with Crippen LogP contribution < -0.4 is 11.4 Å². The number of nitrogens with zero attached hydrogens (tertiary/aromatic N) is 5. The van der Waals surface area contributed by atoms with Crippen molar-refractivity contribution in [3.8, 4) is 17.7 Å². The molecule has 3 aromatic heterocycles. The quantitative estimate of drug-likeness (QED) is 0.685. The summed E-state index contributed by atoms with van der Waals surface area (Å²) in [5.41, 5.74) is 6.76. The summed E-state index contributed by atoms with van der Waals surface area (Å²) in [5.74, 6) is 6.40. The Labute approximate surface area is 160 Å². The van der Waals surface area contributed by atoms with Gasteiger partial charge in [-0.25, -0.2) is 23.4 Å². The highest BCUT2D eigenvalue weighted by molar-refractivity contribution is 5.85. The molecule has 2 N–H and O–H groups in total. The first kappa shape index (κ1) is 20.0. The number of rotatable bonds is 4. The first-order chi connectivity index (χ1) is 12.7. The topological polar surface area (TPSA) is 91.6 Å². The van der Waals surface area contributed by atoms with Crippen LogP contribution in [0.15, 0.2) is 65.9 Å². The molecule has 0 aliphatic rings. The maximum Gasteiger partial charge on any atom is 0.351 e. The third kappa shape index (κ3) is 4.88. The van der Waals surface area contributed by atoms with E-state index in [1.165, 1.54) is 10.9 Å². The van der Waals surface area contributed by atoms with Crippen molar-refractivity contribution in [3.63, 3.8) is 0 Å². The maximum atomic E-state index is 12.7. The summed E-state index contributed by atoms with van der Waals surface area (Å²) >= 11 is 0. The Morgan fingerprint density at radius 2 is 1.89 bits per heavy atom. The smallest absolute Gasteiger partial charge is 0.327 e. The van der Waals surface area contributed by atoms with Gasteiger partial charge in [-0.05, 0) is 29.8 Å². The summed E-state index contributed by atoms with van der Waals surface area (Å²) in [6, 6.07) is 7.02. The van der Waals surface area contributed by atoms with Crippen LogP contribution in [0.4, 0.5) is 4.39 Å². The zero-order valence-corrected chi connectivity index (χ0v) is 14.9. The van der Waals surface area contributed by atoms with E-state index in [1.807, 2.05) is 0 Å². The fourth-order valence-corrected chi connectivity index (χ4v) is 2.15. The summed E-state index contributed by atoms with van der Waals surface area (Å²) in [5, 5.41) is 3.97. The zero-order chi connectivity index (χ0) is 18.4. The molecule has 0 radical (unpaired) electrons. The van der Waals surface area contributed by atoms with Gasteiger partial charge in [-0.3, -0.25) is 4.98 Å². The maximum absolute atomic E-state index is 12.7. The lowest BCUT2D eigenvalue weighted by molar-refractivity contribution is 0.612. The Bertz CT molecular complexity index is 1050. The molecule has 3 rings (SSSR count). The molecular formula is C18H16ClFN6O. The molecule has 7 nitrogen and oxygen atoms in total. The SMILES string of the molecule is Cl.NC/C(=C\F)Cn1ncn(-c2cc(C#Cc3ccncc3)ccn2)c1=O. The van der Waals surface area contributed by atoms with Gasteiger partial charge in [0.2, 0.25) is 0 Å². The van der Waals surface area contributed by atoms with Crippen LogP contribution in [0.3, 0.4) is 0 Å². The van der Waals surface area contributed by atoms with E-state index in [-0.39, 0.29) is 31.1 Å². The standard InChI is InChI=1S/C18H15FN6O.ClH/c19-10-16(11-20)12-25-18(26)24(13-23-25)17-9-15(5-8-22-17)2-1-14-3-6-21-7-4-14;/h3-10,13H,11-12,20H2;1H/b16-10+;. The molecule has 0 bridgehead atoms. The van der Waals surface area contributed by atoms with Gasteiger partial charge in [-0.15, -0.1) is 12.4 Å². The van der Waals surface area contributed by atoms with Crippen molar-refractivity contribution < 1.29 is 4.39 Å². The summed E-state index contributed by atoms with van der Waals surface area (Å²) in [6.45, 7) is -0.00545. The molecule has 3 aromatic rings. The summed E-state index contributed by atoms with van der Waals surface area (Å²) in [7, 11) is 0. The average molecular weight is 387 g/mol. The van der Waals surface area contributed by atoms with Gasteiger partial charge >= 0.3 is 5.69 Å². The van der Waals surface area contributed by atoms with Crippen LogP contribution in [0, 0.1) is 11.8 Å². The second-order valence-corrected chi connectivity index (χ2v) is 5.30. The van der Waals surface area contributed by atoms with Crippen molar-refractivity contribution in [2.24, 2.45) is 5.73 Å². The van der Waals surface area contributed by atoms with Crippen molar-refractivity contribution in [2.75, 3.05) is 6.54 Å². The number of hydrogen-bond donors (Lipinski definition) is 1. The molecule has 0 saturated heterocycles. The van der Waals surface area contributed by atoms with Crippen LogP contribution in [0.2, 0.25) is 0 Å². The van der Waals surface area contributed by atoms with Crippen LogP contribution in [0.25, 0.3) is 5.82 Å². The molecule has 0 saturated carbocycles. The second-order valence-electron chi connectivity index (χ2n) is 5.30. The predicted molar refractivity (Wildman–Crippen MR) is 101 cm³/mol. The minimum absolute atomic E-state index is 0. The predicted octanol–water partition coefficient (Wildman–Crippen LogP) is 1.46. The normalized spacial score (nSPS) is 10.7. The third-order valence-electron chi connectivity index (χ3n) is 3.53. The van der Waals surface area contributed by atoms with E-state index in [9.17, 15) is 9.18 Å². The lowest BCUT2D eigenvalue weighted by Crippen LogP contribution is -2.26. The van der Waals surface area contributed by atoms with Crippen LogP contribution >= 0.6 is 12.4 Å². The number of nitrogens with two attached hydrogens (primary N) is 1. The molecule has 0 atom stereocenters. The van der Waals surface area contributed by atoms with Crippen LogP contribution in [0.1, 0.15) is 11.1 Å². The van der Waals surface area contributed by atoms with Gasteiger partial charge in [0.15, 0.2) is 0 Å². The summed E-state index contributed by atoms with van der Waals surface area (Å²) in [6.07, 6.45) is 6.60. The summed E-state index contributed by atoms with van der Waals surface area (Å²) < 4.78 is 15.0. The van der Waals surface area contributed by atoms with E-state index in [4.69, 9.17) is 5.73 Å². The van der Waals surface area contributed by atoms with Gasteiger partial charge in [0.05, 0.1) is 12.9 Å². The molecule has 9 heteroatoms. The number of aromatic nitrogens is 5. The van der Waals surface area contributed by atoms with E-state index >= 15 is 0 Å².